The van der Waals surface area contributed by atoms with Gasteiger partial charge in [-0.25, -0.2) is 9.78 Å². The molecule has 3 aromatic rings. The minimum atomic E-state index is -0.524. The van der Waals surface area contributed by atoms with Crippen molar-refractivity contribution in [1.29, 1.82) is 0 Å². The molecule has 3 fully saturated rings. The predicted octanol–water partition coefficient (Wildman–Crippen LogP) is 7.87. The van der Waals surface area contributed by atoms with E-state index in [0.29, 0.717) is 6.54 Å². The lowest BCUT2D eigenvalue weighted by Crippen LogP contribution is -2.41. The summed E-state index contributed by atoms with van der Waals surface area (Å²) >= 11 is 0. The molecule has 1 saturated carbocycles. The van der Waals surface area contributed by atoms with Crippen LogP contribution >= 0.6 is 0 Å². The Morgan fingerprint density at radius 2 is 1.62 bits per heavy atom. The second-order valence-electron chi connectivity index (χ2n) is 15.7. The van der Waals surface area contributed by atoms with Gasteiger partial charge in [0.2, 0.25) is 0 Å². The number of amides is 1. The number of likely N-dealkylation sites (tertiary alicyclic amines) is 1. The third kappa shape index (κ3) is 5.32. The van der Waals surface area contributed by atoms with E-state index in [1.165, 1.54) is 59.8 Å². The molecule has 7 rings (SSSR count). The number of ether oxygens (including phenoxy) is 1. The van der Waals surface area contributed by atoms with Crippen molar-refractivity contribution in [3.63, 3.8) is 0 Å². The Balaban J connectivity index is 1.17. The first kappa shape index (κ1) is 30.6. The molecule has 0 unspecified atom stereocenters. The van der Waals surface area contributed by atoms with Crippen LogP contribution in [-0.4, -0.2) is 51.4 Å². The molecule has 45 heavy (non-hydrogen) atoms. The number of nitrogens with zero attached hydrogens (tertiary/aromatic N) is 2. The number of nitrogens with one attached hydrogen (secondary N) is 1. The van der Waals surface area contributed by atoms with Gasteiger partial charge in [0.25, 0.3) is 0 Å². The number of fused-ring (bicyclic) bond motifs is 2. The topological polar surface area (TPSA) is 76.7 Å². The lowest BCUT2D eigenvalue weighted by atomic mass is 9.70. The molecule has 1 spiro atoms. The zero-order chi connectivity index (χ0) is 31.8. The Labute approximate surface area is 268 Å². The summed E-state index contributed by atoms with van der Waals surface area (Å²) < 4.78 is 18.8. The van der Waals surface area contributed by atoms with Gasteiger partial charge in [-0.3, -0.25) is 4.90 Å². The molecule has 7 nitrogen and oxygen atoms in total. The van der Waals surface area contributed by atoms with Crippen molar-refractivity contribution in [1.82, 2.24) is 14.9 Å². The van der Waals surface area contributed by atoms with Gasteiger partial charge in [-0.05, 0) is 126 Å². The molecule has 3 heterocycles. The molecule has 2 aromatic carbocycles. The van der Waals surface area contributed by atoms with E-state index in [1.807, 2.05) is 31.9 Å². The molecule has 4 aliphatic rings. The van der Waals surface area contributed by atoms with Gasteiger partial charge in [-0.1, -0.05) is 49.2 Å². The Kier molecular flexibility index (Phi) is 7.29. The van der Waals surface area contributed by atoms with E-state index in [0.717, 1.165) is 36.3 Å². The summed E-state index contributed by atoms with van der Waals surface area (Å²) in [6.45, 7) is 14.9. The zero-order valence-electron chi connectivity index (χ0n) is 28.1. The van der Waals surface area contributed by atoms with Gasteiger partial charge >= 0.3 is 13.2 Å². The van der Waals surface area contributed by atoms with Gasteiger partial charge < -0.3 is 19.0 Å². The molecule has 1 amide bonds. The van der Waals surface area contributed by atoms with E-state index < -0.39 is 5.60 Å². The fraction of sp³-hybridized carbons (Fsp3) is 0.568. The molecule has 0 bridgehead atoms. The highest BCUT2D eigenvalue weighted by Crippen LogP contribution is 2.53. The number of imidazole rings is 1. The lowest BCUT2D eigenvalue weighted by Gasteiger charge is -2.32. The fourth-order valence-corrected chi connectivity index (χ4v) is 8.08. The number of carbonyl (C=O) groups excluding carboxylic acids is 1. The van der Waals surface area contributed by atoms with Crippen LogP contribution < -0.4 is 5.46 Å². The highest BCUT2D eigenvalue weighted by atomic mass is 16.7. The monoisotopic (exact) mass is 609 g/mol. The maximum Gasteiger partial charge on any atom is 0.495 e. The highest BCUT2D eigenvalue weighted by molar-refractivity contribution is 6.62. The number of benzene rings is 2. The van der Waals surface area contributed by atoms with Crippen LogP contribution in [0.2, 0.25) is 0 Å². The lowest BCUT2D eigenvalue weighted by molar-refractivity contribution is 0.00578. The van der Waals surface area contributed by atoms with Crippen molar-refractivity contribution in [3.05, 3.63) is 59.5 Å². The maximum absolute atomic E-state index is 12.9. The first-order valence-corrected chi connectivity index (χ1v) is 16.9. The Morgan fingerprint density at radius 3 is 2.29 bits per heavy atom. The third-order valence-corrected chi connectivity index (χ3v) is 11.1. The molecule has 238 valence electrons. The van der Waals surface area contributed by atoms with Gasteiger partial charge in [0, 0.05) is 6.54 Å². The summed E-state index contributed by atoms with van der Waals surface area (Å²) in [5, 5.41) is 0. The van der Waals surface area contributed by atoms with Crippen molar-refractivity contribution in [2.75, 3.05) is 6.54 Å². The molecular weight excluding hydrogens is 561 g/mol. The second kappa shape index (κ2) is 10.7. The fourth-order valence-electron chi connectivity index (χ4n) is 8.08. The molecular formula is C37H48BN3O4. The van der Waals surface area contributed by atoms with Crippen LogP contribution in [0.1, 0.15) is 116 Å². The van der Waals surface area contributed by atoms with E-state index in [4.69, 9.17) is 19.0 Å². The minimum Gasteiger partial charge on any atom is -0.444 e. The quantitative estimate of drug-likeness (QED) is 0.305. The standard InChI is InChI=1S/C37H48BN3O4/c1-34(2,3)43-33(42)41-22-10-11-30(41)32-39-23-29(40-32)25-14-12-24(13-15-25)26-16-17-28(38-44-35(4,5)36(6,7)45-38)27-18-21-37(31(26)27)19-8-9-20-37/h12-17,23,30H,8-11,18-22H2,1-7H3,(H,39,40)/t30-/m0/s1. The van der Waals surface area contributed by atoms with Gasteiger partial charge in [0.15, 0.2) is 0 Å². The first-order chi connectivity index (χ1) is 21.3. The molecule has 2 saturated heterocycles. The average molecular weight is 610 g/mol. The van der Waals surface area contributed by atoms with Crippen molar-refractivity contribution >= 4 is 18.7 Å². The largest absolute Gasteiger partial charge is 0.495 e. The van der Waals surface area contributed by atoms with Crippen LogP contribution in [0.25, 0.3) is 22.4 Å². The van der Waals surface area contributed by atoms with Crippen molar-refractivity contribution in [3.8, 4) is 22.4 Å². The molecule has 2 aliphatic heterocycles. The van der Waals surface area contributed by atoms with Crippen LogP contribution in [0.4, 0.5) is 4.79 Å². The molecule has 1 aromatic heterocycles. The smallest absolute Gasteiger partial charge is 0.444 e. The first-order valence-electron chi connectivity index (χ1n) is 16.9. The normalized spacial score (nSPS) is 23.2. The van der Waals surface area contributed by atoms with Crippen LogP contribution in [0.15, 0.2) is 42.6 Å². The molecule has 1 atom stereocenters. The number of H-pyrrole nitrogens is 1. The summed E-state index contributed by atoms with van der Waals surface area (Å²) in [7, 11) is -0.336. The van der Waals surface area contributed by atoms with Crippen LogP contribution in [0.3, 0.4) is 0 Å². The van der Waals surface area contributed by atoms with Crippen LogP contribution in [0, 0.1) is 0 Å². The number of carbonyl (C=O) groups is 1. The van der Waals surface area contributed by atoms with Crippen LogP contribution in [-0.2, 0) is 25.9 Å². The summed E-state index contributed by atoms with van der Waals surface area (Å²) in [6.07, 6.45) is 10.8. The average Bonchev–Trinajstić information content (AvgIpc) is 3.80. The van der Waals surface area contributed by atoms with Crippen molar-refractivity contribution in [2.45, 2.75) is 128 Å². The van der Waals surface area contributed by atoms with Crippen LogP contribution in [0.5, 0.6) is 0 Å². The second-order valence-corrected chi connectivity index (χ2v) is 15.7. The van der Waals surface area contributed by atoms with E-state index in [1.54, 1.807) is 0 Å². The summed E-state index contributed by atoms with van der Waals surface area (Å²) in [6, 6.07) is 13.4. The van der Waals surface area contributed by atoms with Crippen molar-refractivity contribution in [2.24, 2.45) is 0 Å². The molecule has 1 N–H and O–H groups in total. The van der Waals surface area contributed by atoms with Gasteiger partial charge in [0.1, 0.15) is 11.4 Å². The number of rotatable bonds is 4. The maximum atomic E-state index is 12.9. The van der Waals surface area contributed by atoms with E-state index in [2.05, 4.69) is 69.1 Å². The number of hydrogen-bond acceptors (Lipinski definition) is 5. The minimum absolute atomic E-state index is 0.0967. The number of hydrogen-bond donors (Lipinski definition) is 1. The number of aromatic nitrogens is 2. The molecule has 2 aliphatic carbocycles. The van der Waals surface area contributed by atoms with Gasteiger partial charge in [-0.2, -0.15) is 0 Å². The third-order valence-electron chi connectivity index (χ3n) is 11.1. The Morgan fingerprint density at radius 1 is 0.956 bits per heavy atom. The highest BCUT2D eigenvalue weighted by Gasteiger charge is 2.53. The Bertz CT molecular complexity index is 1580. The SMILES string of the molecule is CC(C)(C)OC(=O)N1CCC[C@H]1c1ncc(-c2ccc(-c3ccc(B4OC(C)(C)C(C)(C)O4)c4c3C3(CCCC3)CC4)cc2)[nH]1. The van der Waals surface area contributed by atoms with Crippen molar-refractivity contribution < 1.29 is 18.8 Å². The summed E-state index contributed by atoms with van der Waals surface area (Å²) in [5.74, 6) is 0.816. The van der Waals surface area contributed by atoms with Gasteiger partial charge in [0.05, 0.1) is 29.1 Å². The zero-order valence-corrected chi connectivity index (χ0v) is 28.1. The summed E-state index contributed by atoms with van der Waals surface area (Å²) in [4.78, 5) is 22.9. The number of aromatic amines is 1. The predicted molar refractivity (Wildman–Crippen MR) is 179 cm³/mol. The molecule has 8 heteroatoms. The Hall–Kier alpha value is -3.10. The van der Waals surface area contributed by atoms with Gasteiger partial charge in [-0.15, -0.1) is 0 Å². The van der Waals surface area contributed by atoms with E-state index in [-0.39, 0.29) is 35.9 Å². The summed E-state index contributed by atoms with van der Waals surface area (Å²) in [5.41, 5.74) is 7.84. The molecule has 0 radical (unpaired) electrons. The van der Waals surface area contributed by atoms with E-state index in [9.17, 15) is 4.79 Å². The van der Waals surface area contributed by atoms with E-state index >= 15 is 0 Å².